The zero-order chi connectivity index (χ0) is 34.8. The fraction of sp³-hybridized carbons (Fsp3) is 0.618. The molecule has 14 nitrogen and oxygen atoms in total. The van der Waals surface area contributed by atoms with E-state index < -0.39 is 40.7 Å². The van der Waals surface area contributed by atoms with Gasteiger partial charge in [0.05, 0.1) is 49.4 Å². The Hall–Kier alpha value is -3.18. The van der Waals surface area contributed by atoms with Crippen molar-refractivity contribution in [2.75, 3.05) is 66.5 Å². The second-order valence-corrected chi connectivity index (χ2v) is 14.7. The largest absolute Gasteiger partial charge is 0.494 e. The molecule has 5 atom stereocenters. The van der Waals surface area contributed by atoms with E-state index in [-0.39, 0.29) is 49.6 Å². The van der Waals surface area contributed by atoms with E-state index in [1.165, 1.54) is 16.4 Å². The van der Waals surface area contributed by atoms with Gasteiger partial charge in [-0.25, -0.2) is 13.2 Å². The van der Waals surface area contributed by atoms with Gasteiger partial charge in [-0.05, 0) is 61.6 Å². The molecule has 272 valence electrons. The van der Waals surface area contributed by atoms with Crippen molar-refractivity contribution in [2.24, 2.45) is 11.8 Å². The summed E-state index contributed by atoms with van der Waals surface area (Å²) in [6.45, 7) is 7.20. The summed E-state index contributed by atoms with van der Waals surface area (Å²) in [5.41, 5.74) is 0.806. The molecular formula is C34H49N3O11S. The number of alkyl carbamates (subject to hydrolysis) is 1. The van der Waals surface area contributed by atoms with Crippen LogP contribution in [0.3, 0.4) is 0 Å². The highest BCUT2D eigenvalue weighted by molar-refractivity contribution is 7.89. The maximum absolute atomic E-state index is 13.9. The van der Waals surface area contributed by atoms with Crippen LogP contribution in [0.5, 0.6) is 17.2 Å². The molecule has 0 aromatic heterocycles. The number of amides is 1. The number of nitrogens with one attached hydrogen (secondary N) is 2. The summed E-state index contributed by atoms with van der Waals surface area (Å²) in [5.74, 6) is 1.39. The standard InChI is InChI=1S/C34H49N3O11S/c1-23(2)19-37(49(40,41)26-9-10-30-31(18-26)47-22-46-30)20-29(38)28(36-34(39)48-32-21-45-33-27(32)11-15-44-33)17-24-5-7-25(8-6-24)43-14-4-12-35-13-16-42-3/h5-10,18,23,27-29,32-33,35,38H,4,11-17,19-22H2,1-3H3,(H,36,39)/t27-,28-,29+,32+,33+/m0/s1. The van der Waals surface area contributed by atoms with Gasteiger partial charge in [-0.3, -0.25) is 0 Å². The van der Waals surface area contributed by atoms with Gasteiger partial charge < -0.3 is 48.9 Å². The number of sulfonamides is 1. The van der Waals surface area contributed by atoms with Gasteiger partial charge in [-0.2, -0.15) is 4.31 Å². The number of methoxy groups -OCH3 is 1. The summed E-state index contributed by atoms with van der Waals surface area (Å²) in [7, 11) is -2.40. The minimum Gasteiger partial charge on any atom is -0.494 e. The number of hydrogen-bond acceptors (Lipinski definition) is 12. The molecule has 2 aromatic carbocycles. The average Bonchev–Trinajstić information content (AvgIpc) is 3.83. The van der Waals surface area contributed by atoms with Crippen LogP contribution >= 0.6 is 0 Å². The van der Waals surface area contributed by atoms with Crippen LogP contribution in [0.1, 0.15) is 32.3 Å². The number of carbonyl (C=O) groups excluding carboxylic acids is 1. The van der Waals surface area contributed by atoms with Crippen LogP contribution < -0.4 is 24.8 Å². The Balaban J connectivity index is 1.27. The molecule has 2 aromatic rings. The van der Waals surface area contributed by atoms with Crippen molar-refractivity contribution >= 4 is 16.1 Å². The Bertz CT molecular complexity index is 1460. The summed E-state index contributed by atoms with van der Waals surface area (Å²) in [4.78, 5) is 13.3. The summed E-state index contributed by atoms with van der Waals surface area (Å²) >= 11 is 0. The number of ether oxygens (including phenoxy) is 7. The number of benzene rings is 2. The number of carbonyl (C=O) groups is 1. The summed E-state index contributed by atoms with van der Waals surface area (Å²) in [5, 5.41) is 17.7. The van der Waals surface area contributed by atoms with Crippen molar-refractivity contribution in [3.63, 3.8) is 0 Å². The lowest BCUT2D eigenvalue weighted by molar-refractivity contribution is -0.0907. The molecule has 0 saturated carbocycles. The van der Waals surface area contributed by atoms with E-state index in [9.17, 15) is 18.3 Å². The van der Waals surface area contributed by atoms with Crippen LogP contribution in [0.4, 0.5) is 4.79 Å². The quantitative estimate of drug-likeness (QED) is 0.183. The van der Waals surface area contributed by atoms with Crippen molar-refractivity contribution in [2.45, 2.75) is 62.5 Å². The van der Waals surface area contributed by atoms with Gasteiger partial charge in [0.15, 0.2) is 17.8 Å². The Labute approximate surface area is 288 Å². The first kappa shape index (κ1) is 37.1. The molecule has 3 N–H and O–H groups in total. The van der Waals surface area contributed by atoms with Gasteiger partial charge in [-0.15, -0.1) is 0 Å². The Morgan fingerprint density at radius 1 is 1.04 bits per heavy atom. The van der Waals surface area contributed by atoms with Gasteiger partial charge in [0.1, 0.15) is 11.9 Å². The lowest BCUT2D eigenvalue weighted by atomic mass is 10.0. The van der Waals surface area contributed by atoms with E-state index in [1.807, 2.05) is 38.1 Å². The zero-order valence-electron chi connectivity index (χ0n) is 28.4. The molecule has 2 saturated heterocycles. The van der Waals surface area contributed by atoms with Gasteiger partial charge in [0.2, 0.25) is 16.8 Å². The molecule has 0 unspecified atom stereocenters. The molecular weight excluding hydrogens is 658 g/mol. The smallest absolute Gasteiger partial charge is 0.407 e. The first-order valence-electron chi connectivity index (χ1n) is 16.8. The Morgan fingerprint density at radius 3 is 2.61 bits per heavy atom. The fourth-order valence-electron chi connectivity index (χ4n) is 6.02. The van der Waals surface area contributed by atoms with Crippen molar-refractivity contribution in [3.8, 4) is 17.2 Å². The molecule has 0 aliphatic carbocycles. The van der Waals surface area contributed by atoms with Crippen LogP contribution in [-0.4, -0.2) is 115 Å². The number of rotatable bonds is 19. The molecule has 3 aliphatic heterocycles. The first-order chi connectivity index (χ1) is 23.6. The topological polar surface area (TPSA) is 163 Å². The predicted octanol–water partition coefficient (Wildman–Crippen LogP) is 2.53. The van der Waals surface area contributed by atoms with Gasteiger partial charge in [0, 0.05) is 32.8 Å². The predicted molar refractivity (Wildman–Crippen MR) is 178 cm³/mol. The summed E-state index contributed by atoms with van der Waals surface area (Å²) in [6, 6.07) is 10.9. The third-order valence-electron chi connectivity index (χ3n) is 8.58. The Kier molecular flexibility index (Phi) is 13.4. The van der Waals surface area contributed by atoms with E-state index >= 15 is 0 Å². The number of fused-ring (bicyclic) bond motifs is 2. The molecule has 0 radical (unpaired) electrons. The SMILES string of the molecule is COCCNCCCOc1ccc(C[C@H](NC(=O)O[C@@H]2CO[C@H]3OCC[C@H]32)[C@H](O)CN(CC(C)C)S(=O)(=O)c2ccc3c(c2)OCO3)cc1. The van der Waals surface area contributed by atoms with Crippen molar-refractivity contribution in [3.05, 3.63) is 48.0 Å². The van der Waals surface area contributed by atoms with E-state index in [2.05, 4.69) is 10.6 Å². The lowest BCUT2D eigenvalue weighted by Crippen LogP contribution is -2.51. The number of nitrogens with zero attached hydrogens (tertiary/aromatic N) is 1. The van der Waals surface area contributed by atoms with Crippen LogP contribution in [-0.2, 0) is 35.4 Å². The second-order valence-electron chi connectivity index (χ2n) is 12.8. The van der Waals surface area contributed by atoms with Crippen molar-refractivity contribution in [1.29, 1.82) is 0 Å². The molecule has 49 heavy (non-hydrogen) atoms. The monoisotopic (exact) mass is 707 g/mol. The zero-order valence-corrected chi connectivity index (χ0v) is 29.2. The molecule has 3 aliphatic rings. The average molecular weight is 708 g/mol. The van der Waals surface area contributed by atoms with Gasteiger partial charge >= 0.3 is 6.09 Å². The van der Waals surface area contributed by atoms with E-state index in [1.54, 1.807) is 13.2 Å². The highest BCUT2D eigenvalue weighted by Gasteiger charge is 2.44. The van der Waals surface area contributed by atoms with Crippen LogP contribution in [0, 0.1) is 11.8 Å². The van der Waals surface area contributed by atoms with Crippen molar-refractivity contribution in [1.82, 2.24) is 14.9 Å². The molecule has 3 heterocycles. The normalized spacial score (nSPS) is 21.1. The maximum atomic E-state index is 13.9. The third kappa shape index (κ3) is 10.2. The van der Waals surface area contributed by atoms with Crippen LogP contribution in [0.25, 0.3) is 0 Å². The molecule has 2 fully saturated rings. The third-order valence-corrected chi connectivity index (χ3v) is 10.4. The van der Waals surface area contributed by atoms with E-state index in [0.29, 0.717) is 37.1 Å². The summed E-state index contributed by atoms with van der Waals surface area (Å²) in [6.07, 6.45) is -1.14. The minimum atomic E-state index is -4.06. The van der Waals surface area contributed by atoms with Crippen molar-refractivity contribution < 1.29 is 51.5 Å². The molecule has 0 bridgehead atoms. The van der Waals surface area contributed by atoms with Gasteiger partial charge in [-0.1, -0.05) is 26.0 Å². The lowest BCUT2D eigenvalue weighted by Gasteiger charge is -2.31. The minimum absolute atomic E-state index is 0.0119. The molecule has 1 amide bonds. The number of hydrogen-bond donors (Lipinski definition) is 3. The second kappa shape index (κ2) is 17.7. The first-order valence-corrected chi connectivity index (χ1v) is 18.3. The van der Waals surface area contributed by atoms with Crippen LogP contribution in [0.15, 0.2) is 47.4 Å². The Morgan fingerprint density at radius 2 is 1.84 bits per heavy atom. The van der Waals surface area contributed by atoms with Gasteiger partial charge in [0.25, 0.3) is 0 Å². The highest BCUT2D eigenvalue weighted by atomic mass is 32.2. The molecule has 5 rings (SSSR count). The molecule has 15 heteroatoms. The van der Waals surface area contributed by atoms with E-state index in [0.717, 1.165) is 31.5 Å². The number of aliphatic hydroxyl groups is 1. The highest BCUT2D eigenvalue weighted by Crippen LogP contribution is 2.35. The van der Waals surface area contributed by atoms with Crippen LogP contribution in [0.2, 0.25) is 0 Å². The van der Waals surface area contributed by atoms with E-state index in [4.69, 9.17) is 33.2 Å². The summed E-state index contributed by atoms with van der Waals surface area (Å²) < 4.78 is 67.6. The fourth-order valence-corrected chi connectivity index (χ4v) is 7.65. The molecule has 0 spiro atoms. The maximum Gasteiger partial charge on any atom is 0.407 e. The number of aliphatic hydroxyl groups excluding tert-OH is 1.